The highest BCUT2D eigenvalue weighted by Gasteiger charge is 2.49. The molecule has 208 valence electrons. The number of carbonyl (C=O) groups is 3. The summed E-state index contributed by atoms with van der Waals surface area (Å²) < 4.78 is 31.0. The van der Waals surface area contributed by atoms with Gasteiger partial charge in [-0.3, -0.25) is 14.4 Å². The number of halogens is 2. The third-order valence-corrected chi connectivity index (χ3v) is 7.02. The minimum atomic E-state index is -0.634. The van der Waals surface area contributed by atoms with Crippen molar-refractivity contribution < 1.29 is 33.0 Å². The van der Waals surface area contributed by atoms with Gasteiger partial charge in [-0.2, -0.15) is 0 Å². The van der Waals surface area contributed by atoms with E-state index in [9.17, 15) is 18.8 Å². The molecule has 0 aliphatic carbocycles. The Morgan fingerprint density at radius 3 is 2.38 bits per heavy atom. The number of hydrogen-bond acceptors (Lipinski definition) is 6. The topological polar surface area (TPSA) is 82.1 Å². The summed E-state index contributed by atoms with van der Waals surface area (Å²) in [5, 5.41) is 0. The fourth-order valence-electron chi connectivity index (χ4n) is 4.84. The van der Waals surface area contributed by atoms with Gasteiger partial charge in [-0.1, -0.05) is 46.8 Å². The third-order valence-electron chi connectivity index (χ3n) is 6.53. The van der Waals surface area contributed by atoms with Gasteiger partial charge in [0.15, 0.2) is 0 Å². The molecule has 0 radical (unpaired) electrons. The Balaban J connectivity index is 1.66. The number of nitrogens with zero attached hydrogens (tertiary/aromatic N) is 1. The lowest BCUT2D eigenvalue weighted by atomic mass is 9.78. The Morgan fingerprint density at radius 2 is 1.75 bits per heavy atom. The minimum Gasteiger partial charge on any atom is -0.489 e. The van der Waals surface area contributed by atoms with Crippen molar-refractivity contribution in [1.82, 2.24) is 0 Å². The second kappa shape index (κ2) is 12.9. The molecule has 3 unspecified atom stereocenters. The number of benzene rings is 3. The Bertz CT molecular complexity index is 1390. The molecule has 1 heterocycles. The summed E-state index contributed by atoms with van der Waals surface area (Å²) in [7, 11) is 0. The van der Waals surface area contributed by atoms with Gasteiger partial charge in [0.05, 0.1) is 12.0 Å². The highest BCUT2D eigenvalue weighted by molar-refractivity contribution is 9.10. The summed E-state index contributed by atoms with van der Waals surface area (Å²) in [6.45, 7) is 6.65. The number of anilines is 1. The first kappa shape index (κ1) is 29.0. The lowest BCUT2D eigenvalue weighted by Gasteiger charge is -2.48. The molecule has 40 heavy (non-hydrogen) atoms. The van der Waals surface area contributed by atoms with E-state index in [1.54, 1.807) is 47.4 Å². The molecular formula is C31H29BrFNO6. The summed E-state index contributed by atoms with van der Waals surface area (Å²) in [6, 6.07) is 17.8. The molecule has 0 N–H and O–H groups in total. The van der Waals surface area contributed by atoms with E-state index in [4.69, 9.17) is 14.2 Å². The van der Waals surface area contributed by atoms with Crippen molar-refractivity contribution in [2.24, 2.45) is 5.92 Å². The van der Waals surface area contributed by atoms with Crippen molar-refractivity contribution in [1.29, 1.82) is 0 Å². The number of hydrogen-bond donors (Lipinski definition) is 0. The molecule has 0 aromatic heterocycles. The normalized spacial score (nSPS) is 17.0. The Labute approximate surface area is 240 Å². The zero-order valence-corrected chi connectivity index (χ0v) is 23.7. The molecule has 1 saturated heterocycles. The second-order valence-corrected chi connectivity index (χ2v) is 10.3. The SMILES string of the molecule is C=CCOc1cc(Br)ccc1C1C(CCC(OC(C)=O)c2ccc(F)cc2)C(=O)N1c1ccc(OC(C)=O)cc1. The number of ether oxygens (including phenoxy) is 3. The van der Waals surface area contributed by atoms with Gasteiger partial charge < -0.3 is 19.1 Å². The first-order valence-corrected chi connectivity index (χ1v) is 13.5. The van der Waals surface area contributed by atoms with Gasteiger partial charge in [0.2, 0.25) is 5.91 Å². The molecule has 1 aliphatic rings. The zero-order chi connectivity index (χ0) is 28.8. The van der Waals surface area contributed by atoms with Crippen LogP contribution in [0.3, 0.4) is 0 Å². The maximum atomic E-state index is 13.6. The van der Waals surface area contributed by atoms with E-state index in [2.05, 4.69) is 22.5 Å². The molecule has 3 aromatic rings. The van der Waals surface area contributed by atoms with Gasteiger partial charge in [-0.15, -0.1) is 0 Å². The molecule has 1 aliphatic heterocycles. The zero-order valence-electron chi connectivity index (χ0n) is 22.1. The van der Waals surface area contributed by atoms with Crippen LogP contribution < -0.4 is 14.4 Å². The summed E-state index contributed by atoms with van der Waals surface area (Å²) in [4.78, 5) is 38.5. The summed E-state index contributed by atoms with van der Waals surface area (Å²) in [5.41, 5.74) is 2.09. The molecule has 1 fully saturated rings. The maximum absolute atomic E-state index is 13.6. The monoisotopic (exact) mass is 609 g/mol. The van der Waals surface area contributed by atoms with Crippen molar-refractivity contribution in [3.8, 4) is 11.5 Å². The van der Waals surface area contributed by atoms with E-state index >= 15 is 0 Å². The van der Waals surface area contributed by atoms with Crippen molar-refractivity contribution >= 4 is 39.5 Å². The van der Waals surface area contributed by atoms with E-state index < -0.39 is 29.8 Å². The molecule has 9 heteroatoms. The Kier molecular flexibility index (Phi) is 9.37. The van der Waals surface area contributed by atoms with Crippen LogP contribution in [-0.4, -0.2) is 24.5 Å². The third kappa shape index (κ3) is 6.77. The van der Waals surface area contributed by atoms with E-state index in [0.717, 1.165) is 10.0 Å². The van der Waals surface area contributed by atoms with Crippen LogP contribution >= 0.6 is 15.9 Å². The van der Waals surface area contributed by atoms with E-state index in [0.29, 0.717) is 35.6 Å². The second-order valence-electron chi connectivity index (χ2n) is 9.36. The highest BCUT2D eigenvalue weighted by Crippen LogP contribution is 2.49. The predicted octanol–water partition coefficient (Wildman–Crippen LogP) is 6.87. The lowest BCUT2D eigenvalue weighted by Crippen LogP contribution is -2.55. The molecule has 1 amide bonds. The van der Waals surface area contributed by atoms with Crippen LogP contribution in [-0.2, 0) is 19.1 Å². The molecule has 4 rings (SSSR count). The largest absolute Gasteiger partial charge is 0.489 e. The molecule has 0 spiro atoms. The maximum Gasteiger partial charge on any atom is 0.308 e. The average molecular weight is 610 g/mol. The quantitative estimate of drug-likeness (QED) is 0.102. The van der Waals surface area contributed by atoms with Crippen LogP contribution in [0, 0.1) is 11.7 Å². The first-order chi connectivity index (χ1) is 19.2. The number of β-lactam (4-membered cyclic amide) rings is 1. The number of carbonyl (C=O) groups excluding carboxylic acids is 3. The molecule has 7 nitrogen and oxygen atoms in total. The van der Waals surface area contributed by atoms with Gasteiger partial charge in [-0.25, -0.2) is 4.39 Å². The first-order valence-electron chi connectivity index (χ1n) is 12.7. The molecule has 3 atom stereocenters. The van der Waals surface area contributed by atoms with E-state index in [-0.39, 0.29) is 18.6 Å². The minimum absolute atomic E-state index is 0.108. The van der Waals surface area contributed by atoms with Gasteiger partial charge in [0, 0.05) is 29.6 Å². The van der Waals surface area contributed by atoms with Gasteiger partial charge >= 0.3 is 11.9 Å². The van der Waals surface area contributed by atoms with Crippen molar-refractivity contribution in [2.75, 3.05) is 11.5 Å². The van der Waals surface area contributed by atoms with Crippen LogP contribution in [0.2, 0.25) is 0 Å². The van der Waals surface area contributed by atoms with E-state index in [1.165, 1.54) is 26.0 Å². The highest BCUT2D eigenvalue weighted by atomic mass is 79.9. The van der Waals surface area contributed by atoms with Crippen molar-refractivity contribution in [3.05, 3.63) is 101 Å². The average Bonchev–Trinajstić information content (AvgIpc) is 2.91. The smallest absolute Gasteiger partial charge is 0.308 e. The fourth-order valence-corrected chi connectivity index (χ4v) is 5.18. The molecule has 3 aromatic carbocycles. The van der Waals surface area contributed by atoms with E-state index in [1.807, 2.05) is 18.2 Å². The lowest BCUT2D eigenvalue weighted by molar-refractivity contribution is -0.147. The van der Waals surface area contributed by atoms with Crippen LogP contribution in [0.15, 0.2) is 83.9 Å². The standard InChI is InChI=1S/C31H29BrFNO6/c1-4-17-38-29-18-22(32)7-14-26(29)30-27(15-16-28(40-20(3)36)21-5-8-23(33)9-6-21)31(37)34(30)24-10-12-25(13-11-24)39-19(2)35/h4-14,18,27-28,30H,1,15-17H2,2-3H3. The summed E-state index contributed by atoms with van der Waals surface area (Å²) in [5.74, 6) is -0.867. The van der Waals surface area contributed by atoms with Crippen LogP contribution in [0.4, 0.5) is 10.1 Å². The van der Waals surface area contributed by atoms with Gasteiger partial charge in [-0.05, 0) is 66.9 Å². The molecular weight excluding hydrogens is 581 g/mol. The van der Waals surface area contributed by atoms with Crippen molar-refractivity contribution in [3.63, 3.8) is 0 Å². The predicted molar refractivity (Wildman–Crippen MR) is 151 cm³/mol. The van der Waals surface area contributed by atoms with Crippen molar-refractivity contribution in [2.45, 2.75) is 38.8 Å². The van der Waals surface area contributed by atoms with Crippen LogP contribution in [0.5, 0.6) is 11.5 Å². The van der Waals surface area contributed by atoms with Crippen LogP contribution in [0.25, 0.3) is 0 Å². The van der Waals surface area contributed by atoms with Gasteiger partial charge in [0.25, 0.3) is 0 Å². The number of rotatable bonds is 11. The summed E-state index contributed by atoms with van der Waals surface area (Å²) >= 11 is 3.49. The summed E-state index contributed by atoms with van der Waals surface area (Å²) in [6.07, 6.45) is 1.77. The molecule has 0 bridgehead atoms. The number of amides is 1. The van der Waals surface area contributed by atoms with Gasteiger partial charge in [0.1, 0.15) is 30.0 Å². The number of esters is 2. The Hall–Kier alpha value is -3.98. The Morgan fingerprint density at radius 1 is 1.05 bits per heavy atom. The van der Waals surface area contributed by atoms with Crippen LogP contribution in [0.1, 0.15) is 50.0 Å². The fraction of sp³-hybridized carbons (Fsp3) is 0.258. The molecule has 0 saturated carbocycles.